The molecular formula is C14H26. The Bertz CT molecular complexity index is 194. The van der Waals surface area contributed by atoms with E-state index in [1.54, 1.807) is 0 Å². The molecule has 0 saturated heterocycles. The van der Waals surface area contributed by atoms with Crippen molar-refractivity contribution in [3.63, 3.8) is 0 Å². The lowest BCUT2D eigenvalue weighted by molar-refractivity contribution is 0.866. The zero-order valence-corrected chi connectivity index (χ0v) is 10.9. The summed E-state index contributed by atoms with van der Waals surface area (Å²) in [6, 6.07) is 8.71. The molecule has 0 amide bonds. The molecule has 1 rings (SSSR count). The number of benzene rings is 1. The summed E-state index contributed by atoms with van der Waals surface area (Å²) in [4.78, 5) is 0. The first kappa shape index (κ1) is 15.7. The van der Waals surface area contributed by atoms with Gasteiger partial charge in [-0.25, -0.2) is 0 Å². The van der Waals surface area contributed by atoms with E-state index in [9.17, 15) is 0 Å². The predicted molar refractivity (Wildman–Crippen MR) is 68.0 cm³/mol. The Morgan fingerprint density at radius 1 is 0.786 bits per heavy atom. The molecule has 0 aromatic heterocycles. The molecule has 0 radical (unpaired) electrons. The van der Waals surface area contributed by atoms with E-state index in [4.69, 9.17) is 0 Å². The van der Waals surface area contributed by atoms with Crippen LogP contribution in [0.4, 0.5) is 0 Å². The Morgan fingerprint density at radius 3 is 1.43 bits per heavy atom. The van der Waals surface area contributed by atoms with Crippen molar-refractivity contribution in [1.82, 2.24) is 0 Å². The van der Waals surface area contributed by atoms with Gasteiger partial charge in [0, 0.05) is 0 Å². The van der Waals surface area contributed by atoms with Gasteiger partial charge >= 0.3 is 0 Å². The van der Waals surface area contributed by atoms with Gasteiger partial charge in [0.05, 0.1) is 0 Å². The standard InChI is InChI=1S/C10H14.2C2H6/c1-8(2)10-6-4-9(3)5-7-10;2*1-2/h4-8H,1-3H3;2*1-2H3. The zero-order valence-electron chi connectivity index (χ0n) is 10.9. The molecule has 0 spiro atoms. The second-order valence-corrected chi connectivity index (χ2v) is 3.07. The molecule has 0 bridgehead atoms. The summed E-state index contributed by atoms with van der Waals surface area (Å²) in [5.41, 5.74) is 2.76. The van der Waals surface area contributed by atoms with Crippen LogP contribution in [0.2, 0.25) is 0 Å². The minimum atomic E-state index is 0.653. The van der Waals surface area contributed by atoms with Crippen LogP contribution in [-0.4, -0.2) is 0 Å². The summed E-state index contributed by atoms with van der Waals surface area (Å²) in [6.45, 7) is 14.5. The Kier molecular flexibility index (Phi) is 11.5. The molecule has 1 aromatic rings. The summed E-state index contributed by atoms with van der Waals surface area (Å²) in [5, 5.41) is 0. The fourth-order valence-electron chi connectivity index (χ4n) is 0.951. The van der Waals surface area contributed by atoms with Crippen LogP contribution in [0, 0.1) is 6.92 Å². The summed E-state index contributed by atoms with van der Waals surface area (Å²) in [5.74, 6) is 0.653. The Hall–Kier alpha value is -0.780. The highest BCUT2D eigenvalue weighted by Gasteiger charge is 1.95. The maximum absolute atomic E-state index is 2.21. The van der Waals surface area contributed by atoms with E-state index in [2.05, 4.69) is 45.0 Å². The van der Waals surface area contributed by atoms with Crippen LogP contribution in [0.25, 0.3) is 0 Å². The maximum Gasteiger partial charge on any atom is -0.0219 e. The van der Waals surface area contributed by atoms with Gasteiger partial charge in [-0.15, -0.1) is 0 Å². The third-order valence-electron chi connectivity index (χ3n) is 1.74. The average Bonchev–Trinajstić information content (AvgIpc) is 2.24. The molecule has 0 heterocycles. The second-order valence-electron chi connectivity index (χ2n) is 3.07. The molecule has 0 unspecified atom stereocenters. The molecule has 0 aliphatic heterocycles. The number of rotatable bonds is 1. The highest BCUT2D eigenvalue weighted by molar-refractivity contribution is 5.23. The van der Waals surface area contributed by atoms with Gasteiger partial charge in [0.2, 0.25) is 0 Å². The van der Waals surface area contributed by atoms with Crippen molar-refractivity contribution in [1.29, 1.82) is 0 Å². The van der Waals surface area contributed by atoms with E-state index < -0.39 is 0 Å². The van der Waals surface area contributed by atoms with Gasteiger partial charge < -0.3 is 0 Å². The summed E-state index contributed by atoms with van der Waals surface area (Å²) in [6.07, 6.45) is 0. The summed E-state index contributed by atoms with van der Waals surface area (Å²) in [7, 11) is 0. The minimum Gasteiger partial charge on any atom is -0.0683 e. The van der Waals surface area contributed by atoms with E-state index in [1.807, 2.05) is 27.7 Å². The molecule has 0 fully saturated rings. The summed E-state index contributed by atoms with van der Waals surface area (Å²) < 4.78 is 0. The van der Waals surface area contributed by atoms with Crippen LogP contribution < -0.4 is 0 Å². The first-order chi connectivity index (χ1) is 6.70. The lowest BCUT2D eigenvalue weighted by Gasteiger charge is -2.03. The van der Waals surface area contributed by atoms with Crippen molar-refractivity contribution < 1.29 is 0 Å². The molecular weight excluding hydrogens is 168 g/mol. The number of aryl methyl sites for hydroxylation is 1. The largest absolute Gasteiger partial charge is 0.0683 e. The predicted octanol–water partition coefficient (Wildman–Crippen LogP) is 5.17. The number of hydrogen-bond acceptors (Lipinski definition) is 0. The normalized spacial score (nSPS) is 8.29. The van der Waals surface area contributed by atoms with Gasteiger partial charge in [0.25, 0.3) is 0 Å². The SMILES string of the molecule is CC.CC.Cc1ccc(C(C)C)cc1. The quantitative estimate of drug-likeness (QED) is 0.578. The first-order valence-corrected chi connectivity index (χ1v) is 5.76. The molecule has 82 valence electrons. The van der Waals surface area contributed by atoms with Crippen LogP contribution in [0.1, 0.15) is 58.6 Å². The molecule has 0 heteroatoms. The van der Waals surface area contributed by atoms with Gasteiger partial charge in [-0.2, -0.15) is 0 Å². The van der Waals surface area contributed by atoms with E-state index in [0.29, 0.717) is 5.92 Å². The van der Waals surface area contributed by atoms with Gasteiger partial charge in [0.1, 0.15) is 0 Å². The molecule has 0 N–H and O–H groups in total. The maximum atomic E-state index is 2.21. The van der Waals surface area contributed by atoms with Crippen LogP contribution in [-0.2, 0) is 0 Å². The molecule has 0 aliphatic carbocycles. The van der Waals surface area contributed by atoms with Gasteiger partial charge in [-0.3, -0.25) is 0 Å². The van der Waals surface area contributed by atoms with Gasteiger partial charge in [-0.05, 0) is 18.4 Å². The zero-order chi connectivity index (χ0) is 11.6. The van der Waals surface area contributed by atoms with E-state index >= 15 is 0 Å². The molecule has 0 saturated carbocycles. The molecule has 14 heavy (non-hydrogen) atoms. The highest BCUT2D eigenvalue weighted by atomic mass is 14.0. The lowest BCUT2D eigenvalue weighted by atomic mass is 10.0. The van der Waals surface area contributed by atoms with Crippen LogP contribution in [0.5, 0.6) is 0 Å². The van der Waals surface area contributed by atoms with Crippen molar-refractivity contribution in [3.05, 3.63) is 35.4 Å². The average molecular weight is 194 g/mol. The molecule has 0 nitrogen and oxygen atoms in total. The smallest absolute Gasteiger partial charge is 0.0219 e. The van der Waals surface area contributed by atoms with Crippen LogP contribution in [0.15, 0.2) is 24.3 Å². The van der Waals surface area contributed by atoms with Gasteiger partial charge in [-0.1, -0.05) is 71.4 Å². The monoisotopic (exact) mass is 194 g/mol. The van der Waals surface area contributed by atoms with E-state index in [0.717, 1.165) is 0 Å². The number of hydrogen-bond donors (Lipinski definition) is 0. The van der Waals surface area contributed by atoms with Crippen molar-refractivity contribution >= 4 is 0 Å². The van der Waals surface area contributed by atoms with E-state index in [1.165, 1.54) is 11.1 Å². The highest BCUT2D eigenvalue weighted by Crippen LogP contribution is 2.13. The third kappa shape index (κ3) is 6.71. The topological polar surface area (TPSA) is 0 Å². The van der Waals surface area contributed by atoms with Crippen molar-refractivity contribution in [3.8, 4) is 0 Å². The van der Waals surface area contributed by atoms with Crippen molar-refractivity contribution in [2.75, 3.05) is 0 Å². The van der Waals surface area contributed by atoms with Crippen LogP contribution in [0.3, 0.4) is 0 Å². The van der Waals surface area contributed by atoms with Crippen LogP contribution >= 0.6 is 0 Å². The Balaban J connectivity index is 0. The minimum absolute atomic E-state index is 0.653. The Labute approximate surface area is 90.4 Å². The van der Waals surface area contributed by atoms with Gasteiger partial charge in [0.15, 0.2) is 0 Å². The molecule has 0 atom stereocenters. The fourth-order valence-corrected chi connectivity index (χ4v) is 0.951. The lowest BCUT2D eigenvalue weighted by Crippen LogP contribution is -1.85. The summed E-state index contributed by atoms with van der Waals surface area (Å²) >= 11 is 0. The van der Waals surface area contributed by atoms with E-state index in [-0.39, 0.29) is 0 Å². The molecule has 0 aliphatic rings. The van der Waals surface area contributed by atoms with Crippen molar-refractivity contribution in [2.24, 2.45) is 0 Å². The molecule has 1 aromatic carbocycles. The Morgan fingerprint density at radius 2 is 1.14 bits per heavy atom. The second kappa shape index (κ2) is 10.3. The fraction of sp³-hybridized carbons (Fsp3) is 0.571. The third-order valence-corrected chi connectivity index (χ3v) is 1.74. The van der Waals surface area contributed by atoms with Crippen molar-refractivity contribution in [2.45, 2.75) is 54.4 Å². The first-order valence-electron chi connectivity index (χ1n) is 5.76.